The van der Waals surface area contributed by atoms with Crippen molar-refractivity contribution in [1.82, 2.24) is 4.98 Å². The summed E-state index contributed by atoms with van der Waals surface area (Å²) >= 11 is 0. The first kappa shape index (κ1) is 24.0. The van der Waals surface area contributed by atoms with Gasteiger partial charge in [0.2, 0.25) is 0 Å². The molecule has 0 radical (unpaired) electrons. The molecule has 0 unspecified atom stereocenters. The van der Waals surface area contributed by atoms with Gasteiger partial charge in [0.1, 0.15) is 0 Å². The van der Waals surface area contributed by atoms with E-state index in [4.69, 9.17) is 15.4 Å². The largest absolute Gasteiger partial charge is 0.303 e. The highest BCUT2D eigenvalue weighted by Crippen LogP contribution is 2.35. The highest BCUT2D eigenvalue weighted by molar-refractivity contribution is 6.01. The molecular formula is C27H39N3. The second kappa shape index (κ2) is 9.68. The summed E-state index contributed by atoms with van der Waals surface area (Å²) < 4.78 is 0. The van der Waals surface area contributed by atoms with Crippen LogP contribution in [0.4, 0.5) is 5.69 Å². The normalized spacial score (nSPS) is 13.8. The van der Waals surface area contributed by atoms with Gasteiger partial charge in [0, 0.05) is 0 Å². The molecule has 3 heteroatoms. The summed E-state index contributed by atoms with van der Waals surface area (Å²) in [6.07, 6.45) is 0.726. The summed E-state index contributed by atoms with van der Waals surface area (Å²) in [6.45, 7) is 19.8. The molecule has 0 amide bonds. The predicted molar refractivity (Wildman–Crippen MR) is 131 cm³/mol. The lowest BCUT2D eigenvalue weighted by Crippen LogP contribution is -2.21. The summed E-state index contributed by atoms with van der Waals surface area (Å²) in [7, 11) is 0. The van der Waals surface area contributed by atoms with Gasteiger partial charge in [-0.2, -0.15) is 0 Å². The number of hydrogen-bond acceptors (Lipinski definition) is 3. The van der Waals surface area contributed by atoms with Crippen molar-refractivity contribution in [2.45, 2.75) is 80.6 Å². The second-order valence-corrected chi connectivity index (χ2v) is 10.1. The van der Waals surface area contributed by atoms with E-state index in [1.165, 1.54) is 11.1 Å². The van der Waals surface area contributed by atoms with Crippen molar-refractivity contribution in [3.05, 3.63) is 58.9 Å². The van der Waals surface area contributed by atoms with E-state index in [0.717, 1.165) is 29.2 Å². The minimum absolute atomic E-state index is 0.176. The SMILES string of the molecule is C/C(=N\c1c(C(C)C)cccc1C(C)C)c1cccc(C(=N)C[C@@H](C)C(C)(C)C)n1. The Morgan fingerprint density at radius 3 is 1.90 bits per heavy atom. The molecule has 0 saturated heterocycles. The third-order valence-electron chi connectivity index (χ3n) is 6.04. The molecule has 0 aliphatic heterocycles. The average Bonchev–Trinajstić information content (AvgIpc) is 2.66. The van der Waals surface area contributed by atoms with Crippen LogP contribution in [0.3, 0.4) is 0 Å². The zero-order valence-corrected chi connectivity index (χ0v) is 20.3. The number of nitrogens with one attached hydrogen (secondary N) is 1. The summed E-state index contributed by atoms with van der Waals surface area (Å²) in [5, 5.41) is 8.58. The Morgan fingerprint density at radius 1 is 0.900 bits per heavy atom. The number of aliphatic imine (C=N–C) groups is 1. The van der Waals surface area contributed by atoms with E-state index >= 15 is 0 Å². The lowest BCUT2D eigenvalue weighted by atomic mass is 9.79. The van der Waals surface area contributed by atoms with E-state index in [1.54, 1.807) is 0 Å². The van der Waals surface area contributed by atoms with Gasteiger partial charge in [-0.25, -0.2) is 4.98 Å². The molecule has 2 aromatic rings. The fourth-order valence-electron chi connectivity index (χ4n) is 3.39. The Kier molecular flexibility index (Phi) is 7.74. The van der Waals surface area contributed by atoms with Crippen molar-refractivity contribution in [1.29, 1.82) is 5.41 Å². The maximum Gasteiger partial charge on any atom is 0.0849 e. The minimum Gasteiger partial charge on any atom is -0.303 e. The molecule has 0 spiro atoms. The molecule has 1 N–H and O–H groups in total. The van der Waals surface area contributed by atoms with Crippen LogP contribution in [0, 0.1) is 16.7 Å². The van der Waals surface area contributed by atoms with E-state index in [0.29, 0.717) is 23.5 Å². The van der Waals surface area contributed by atoms with Crippen LogP contribution >= 0.6 is 0 Å². The van der Waals surface area contributed by atoms with Gasteiger partial charge in [0.15, 0.2) is 0 Å². The van der Waals surface area contributed by atoms with E-state index < -0.39 is 0 Å². The standard InChI is InChI=1S/C27H39N3/c1-17(2)21-12-10-13-22(18(3)4)26(21)29-20(6)24-14-11-15-25(30-24)23(28)16-19(5)27(7,8)9/h10-15,17-19,28H,16H2,1-9H3/b28-23?,29-20+/t19-/m1/s1. The number of hydrogen-bond donors (Lipinski definition) is 1. The topological polar surface area (TPSA) is 49.1 Å². The van der Waals surface area contributed by atoms with Gasteiger partial charge in [-0.15, -0.1) is 0 Å². The number of pyridine rings is 1. The number of para-hydroxylation sites is 1. The Morgan fingerprint density at radius 2 is 1.40 bits per heavy atom. The van der Waals surface area contributed by atoms with Gasteiger partial charge in [0.05, 0.1) is 28.5 Å². The van der Waals surface area contributed by atoms with Crippen LogP contribution in [0.25, 0.3) is 0 Å². The van der Waals surface area contributed by atoms with Crippen LogP contribution in [0.1, 0.15) is 103 Å². The lowest BCUT2D eigenvalue weighted by molar-refractivity contribution is 0.269. The molecule has 0 aliphatic carbocycles. The Bertz CT molecular complexity index is 888. The maximum atomic E-state index is 8.58. The molecule has 0 bridgehead atoms. The third kappa shape index (κ3) is 5.87. The first-order valence-electron chi connectivity index (χ1n) is 11.1. The van der Waals surface area contributed by atoms with Crippen LogP contribution in [0.5, 0.6) is 0 Å². The van der Waals surface area contributed by atoms with Gasteiger partial charge in [-0.1, -0.05) is 79.7 Å². The van der Waals surface area contributed by atoms with Gasteiger partial charge >= 0.3 is 0 Å². The zero-order chi connectivity index (χ0) is 22.6. The molecule has 1 heterocycles. The van der Waals surface area contributed by atoms with E-state index in [-0.39, 0.29) is 5.41 Å². The number of rotatable bonds is 7. The van der Waals surface area contributed by atoms with Crippen LogP contribution in [-0.2, 0) is 0 Å². The van der Waals surface area contributed by atoms with Crippen molar-refractivity contribution in [3.8, 4) is 0 Å². The van der Waals surface area contributed by atoms with E-state index in [1.807, 2.05) is 25.1 Å². The van der Waals surface area contributed by atoms with Gasteiger partial charge < -0.3 is 5.41 Å². The van der Waals surface area contributed by atoms with Crippen molar-refractivity contribution in [2.24, 2.45) is 16.3 Å². The lowest BCUT2D eigenvalue weighted by Gasteiger charge is -2.27. The summed E-state index contributed by atoms with van der Waals surface area (Å²) in [5.41, 5.74) is 6.86. The summed E-state index contributed by atoms with van der Waals surface area (Å²) in [4.78, 5) is 9.85. The first-order valence-corrected chi connectivity index (χ1v) is 11.1. The van der Waals surface area contributed by atoms with Crippen molar-refractivity contribution < 1.29 is 0 Å². The quantitative estimate of drug-likeness (QED) is 0.467. The Balaban J connectivity index is 2.42. The molecule has 1 aromatic heterocycles. The van der Waals surface area contributed by atoms with Crippen molar-refractivity contribution in [3.63, 3.8) is 0 Å². The Hall–Kier alpha value is -2.29. The average molecular weight is 406 g/mol. The number of aromatic nitrogens is 1. The molecular weight excluding hydrogens is 366 g/mol. The highest BCUT2D eigenvalue weighted by Gasteiger charge is 2.22. The molecule has 0 aliphatic rings. The molecule has 30 heavy (non-hydrogen) atoms. The zero-order valence-electron chi connectivity index (χ0n) is 20.3. The predicted octanol–water partition coefficient (Wildman–Crippen LogP) is 7.91. The van der Waals surface area contributed by atoms with Crippen LogP contribution < -0.4 is 0 Å². The fraction of sp³-hybridized carbons (Fsp3) is 0.519. The van der Waals surface area contributed by atoms with Gasteiger partial charge in [-0.3, -0.25) is 4.99 Å². The van der Waals surface area contributed by atoms with E-state index in [9.17, 15) is 0 Å². The summed E-state index contributed by atoms with van der Waals surface area (Å²) in [5.74, 6) is 1.22. The van der Waals surface area contributed by atoms with Crippen molar-refractivity contribution in [2.75, 3.05) is 0 Å². The first-order chi connectivity index (χ1) is 13.9. The van der Waals surface area contributed by atoms with Gasteiger partial charge in [0.25, 0.3) is 0 Å². The van der Waals surface area contributed by atoms with Crippen LogP contribution in [0.15, 0.2) is 41.4 Å². The van der Waals surface area contributed by atoms with Gasteiger partial charge in [-0.05, 0) is 59.8 Å². The van der Waals surface area contributed by atoms with Crippen molar-refractivity contribution >= 4 is 17.1 Å². The smallest absolute Gasteiger partial charge is 0.0849 e. The molecule has 1 aromatic carbocycles. The maximum absolute atomic E-state index is 8.58. The number of benzene rings is 1. The fourth-order valence-corrected chi connectivity index (χ4v) is 3.39. The minimum atomic E-state index is 0.176. The molecule has 162 valence electrons. The molecule has 1 atom stereocenters. The monoisotopic (exact) mass is 405 g/mol. The van der Waals surface area contributed by atoms with E-state index in [2.05, 4.69) is 73.6 Å². The molecule has 3 nitrogen and oxygen atoms in total. The second-order valence-electron chi connectivity index (χ2n) is 10.1. The third-order valence-corrected chi connectivity index (χ3v) is 6.04. The number of nitrogens with zero attached hydrogens (tertiary/aromatic N) is 2. The molecule has 0 fully saturated rings. The summed E-state index contributed by atoms with van der Waals surface area (Å²) in [6, 6.07) is 12.4. The Labute approximate surface area is 183 Å². The van der Waals surface area contributed by atoms with Crippen LogP contribution in [-0.4, -0.2) is 16.4 Å². The molecule has 0 saturated carbocycles. The van der Waals surface area contributed by atoms with Crippen LogP contribution in [0.2, 0.25) is 0 Å². The highest BCUT2D eigenvalue weighted by atomic mass is 14.8. The molecule has 2 rings (SSSR count).